The summed E-state index contributed by atoms with van der Waals surface area (Å²) in [5.41, 5.74) is 0.0764. The zero-order chi connectivity index (χ0) is 23.5. The first-order valence-corrected chi connectivity index (χ1v) is 10.8. The second-order valence-electron chi connectivity index (χ2n) is 9.19. The average Bonchev–Trinajstić information content (AvgIpc) is 3.58. The molecule has 0 radical (unpaired) electrons. The second kappa shape index (κ2) is 9.58. The summed E-state index contributed by atoms with van der Waals surface area (Å²) in [4.78, 5) is 55.6. The van der Waals surface area contributed by atoms with Crippen molar-refractivity contribution in [3.8, 4) is 0 Å². The number of ketones is 1. The smallest absolute Gasteiger partial charge is 0.298 e. The molecule has 3 rings (SSSR count). The Bertz CT molecular complexity index is 932. The molecule has 1 aliphatic carbocycles. The topological polar surface area (TPSA) is 108 Å². The molecular weight excluding hydrogens is 415 g/mol. The molecule has 2 N–H and O–H groups in total. The molecular formula is C23H29FN4O4. The predicted molar refractivity (Wildman–Crippen MR) is 116 cm³/mol. The Kier molecular flexibility index (Phi) is 7.06. The van der Waals surface area contributed by atoms with Crippen LogP contribution in [0.15, 0.2) is 29.3 Å². The van der Waals surface area contributed by atoms with Gasteiger partial charge in [-0.1, -0.05) is 32.9 Å². The van der Waals surface area contributed by atoms with Crippen LogP contribution < -0.4 is 10.6 Å². The Hall–Kier alpha value is -3.10. The Labute approximate surface area is 186 Å². The summed E-state index contributed by atoms with van der Waals surface area (Å²) in [6, 6.07) is 4.14. The maximum Gasteiger partial charge on any atom is 0.298 e. The minimum Gasteiger partial charge on any atom is -0.356 e. The number of rotatable bonds is 8. The predicted octanol–water partition coefficient (Wildman–Crippen LogP) is 1.58. The summed E-state index contributed by atoms with van der Waals surface area (Å²) in [6.45, 7) is 6.25. The van der Waals surface area contributed by atoms with Crippen molar-refractivity contribution in [3.63, 3.8) is 0 Å². The Morgan fingerprint density at radius 2 is 1.75 bits per heavy atom. The molecule has 8 nitrogen and oxygen atoms in total. The molecule has 0 aromatic heterocycles. The van der Waals surface area contributed by atoms with Crippen molar-refractivity contribution in [3.05, 3.63) is 35.6 Å². The van der Waals surface area contributed by atoms with Crippen LogP contribution in [0.2, 0.25) is 0 Å². The summed E-state index contributed by atoms with van der Waals surface area (Å²) in [5.74, 6) is -2.25. The number of carbonyl (C=O) groups is 4. The number of aliphatic imine (C=N–C) groups is 1. The Balaban J connectivity index is 1.66. The van der Waals surface area contributed by atoms with E-state index in [0.717, 1.165) is 12.8 Å². The third kappa shape index (κ3) is 5.77. The molecule has 1 heterocycles. The lowest BCUT2D eigenvalue weighted by atomic mass is 9.91. The summed E-state index contributed by atoms with van der Waals surface area (Å²) in [6.07, 6.45) is 2.29. The quantitative estimate of drug-likeness (QED) is 0.361. The molecule has 1 fully saturated rings. The summed E-state index contributed by atoms with van der Waals surface area (Å²) >= 11 is 0. The minimum atomic E-state index is -1.46. The molecule has 2 aliphatic rings. The number of hydrogen-bond acceptors (Lipinski definition) is 5. The number of hydrogen-bond donors (Lipinski definition) is 2. The fraction of sp³-hybridized carbons (Fsp3) is 0.522. The molecule has 0 saturated heterocycles. The lowest BCUT2D eigenvalue weighted by Crippen LogP contribution is -2.57. The average molecular weight is 445 g/mol. The van der Waals surface area contributed by atoms with Crippen LogP contribution in [-0.4, -0.2) is 53.4 Å². The highest BCUT2D eigenvalue weighted by atomic mass is 19.1. The maximum atomic E-state index is 13.0. The molecule has 172 valence electrons. The Morgan fingerprint density at radius 1 is 1.09 bits per heavy atom. The molecule has 1 aliphatic heterocycles. The van der Waals surface area contributed by atoms with Gasteiger partial charge >= 0.3 is 0 Å². The van der Waals surface area contributed by atoms with Crippen LogP contribution in [-0.2, 0) is 25.7 Å². The monoisotopic (exact) mass is 444 g/mol. The summed E-state index contributed by atoms with van der Waals surface area (Å²) in [7, 11) is 0. The van der Waals surface area contributed by atoms with Gasteiger partial charge in [-0.3, -0.25) is 24.1 Å². The van der Waals surface area contributed by atoms with Gasteiger partial charge in [0.15, 0.2) is 6.04 Å². The molecule has 1 aromatic carbocycles. The first-order chi connectivity index (χ1) is 15.1. The number of nitrogens with one attached hydrogen (secondary N) is 2. The van der Waals surface area contributed by atoms with E-state index in [-0.39, 0.29) is 30.7 Å². The third-order valence-electron chi connectivity index (χ3n) is 5.32. The van der Waals surface area contributed by atoms with E-state index >= 15 is 0 Å². The fourth-order valence-corrected chi connectivity index (χ4v) is 3.41. The van der Waals surface area contributed by atoms with Crippen molar-refractivity contribution < 1.29 is 23.6 Å². The minimum absolute atomic E-state index is 0.0219. The molecule has 1 saturated carbocycles. The normalized spacial score (nSPS) is 18.9. The van der Waals surface area contributed by atoms with Crippen LogP contribution in [0.25, 0.3) is 0 Å². The summed E-state index contributed by atoms with van der Waals surface area (Å²) in [5, 5.41) is 5.44. The van der Waals surface area contributed by atoms with Crippen molar-refractivity contribution in [1.82, 2.24) is 15.5 Å². The van der Waals surface area contributed by atoms with Gasteiger partial charge in [-0.05, 0) is 37.0 Å². The number of halogens is 1. The van der Waals surface area contributed by atoms with E-state index in [9.17, 15) is 23.6 Å². The SMILES string of the molecule is CC(C)(C)C1=NC(C(=O)NCc2ccc(F)cc2)C(=O)C(=O)N1CCCNC(=O)C1CC1. The van der Waals surface area contributed by atoms with Gasteiger partial charge in [0.1, 0.15) is 11.7 Å². The van der Waals surface area contributed by atoms with Gasteiger partial charge in [-0.2, -0.15) is 0 Å². The molecule has 1 atom stereocenters. The molecule has 1 aromatic rings. The van der Waals surface area contributed by atoms with E-state index in [2.05, 4.69) is 15.6 Å². The molecule has 3 amide bonds. The van der Waals surface area contributed by atoms with E-state index in [1.54, 1.807) is 0 Å². The van der Waals surface area contributed by atoms with Crippen LogP contribution in [0.4, 0.5) is 4.39 Å². The highest BCUT2D eigenvalue weighted by Crippen LogP contribution is 2.28. The number of amides is 3. The highest BCUT2D eigenvalue weighted by Gasteiger charge is 2.43. The van der Waals surface area contributed by atoms with Crippen molar-refractivity contribution in [2.75, 3.05) is 13.1 Å². The molecule has 1 unspecified atom stereocenters. The first-order valence-electron chi connectivity index (χ1n) is 10.8. The van der Waals surface area contributed by atoms with Crippen LogP contribution >= 0.6 is 0 Å². The van der Waals surface area contributed by atoms with E-state index in [0.29, 0.717) is 24.4 Å². The zero-order valence-electron chi connectivity index (χ0n) is 18.6. The van der Waals surface area contributed by atoms with Gasteiger partial charge in [-0.15, -0.1) is 0 Å². The molecule has 0 bridgehead atoms. The standard InChI is InChI=1S/C23H29FN4O4/c1-23(2,3)22-27-17(20(31)26-13-14-5-9-16(24)10-6-14)18(29)21(32)28(22)12-4-11-25-19(30)15-7-8-15/h5-6,9-10,15,17H,4,7-8,11-13H2,1-3H3,(H,25,30)(H,26,31). The summed E-state index contributed by atoms with van der Waals surface area (Å²) < 4.78 is 13.0. The lowest BCUT2D eigenvalue weighted by Gasteiger charge is -2.36. The second-order valence-corrected chi connectivity index (χ2v) is 9.19. The number of nitrogens with zero attached hydrogens (tertiary/aromatic N) is 2. The molecule has 9 heteroatoms. The van der Waals surface area contributed by atoms with Crippen LogP contribution in [0, 0.1) is 17.2 Å². The van der Waals surface area contributed by atoms with Crippen LogP contribution in [0.5, 0.6) is 0 Å². The van der Waals surface area contributed by atoms with Crippen LogP contribution in [0.3, 0.4) is 0 Å². The highest BCUT2D eigenvalue weighted by molar-refractivity contribution is 6.46. The number of amidine groups is 1. The molecule has 0 spiro atoms. The van der Waals surface area contributed by atoms with E-state index in [4.69, 9.17) is 0 Å². The maximum absolute atomic E-state index is 13.0. The van der Waals surface area contributed by atoms with Crippen molar-refractivity contribution >= 4 is 29.3 Å². The number of Topliss-reactive ketones (excluding diaryl/α,β-unsaturated/α-hetero) is 1. The van der Waals surface area contributed by atoms with Gasteiger partial charge in [0.25, 0.3) is 17.6 Å². The van der Waals surface area contributed by atoms with E-state index in [1.807, 2.05) is 20.8 Å². The van der Waals surface area contributed by atoms with Gasteiger partial charge in [0.05, 0.1) is 0 Å². The van der Waals surface area contributed by atoms with E-state index in [1.165, 1.54) is 29.2 Å². The molecule has 32 heavy (non-hydrogen) atoms. The number of benzene rings is 1. The van der Waals surface area contributed by atoms with Crippen molar-refractivity contribution in [2.45, 2.75) is 52.6 Å². The Morgan fingerprint density at radius 3 is 2.34 bits per heavy atom. The van der Waals surface area contributed by atoms with Crippen molar-refractivity contribution in [1.29, 1.82) is 0 Å². The fourth-order valence-electron chi connectivity index (χ4n) is 3.41. The number of carbonyl (C=O) groups excluding carboxylic acids is 4. The lowest BCUT2D eigenvalue weighted by molar-refractivity contribution is -0.146. The van der Waals surface area contributed by atoms with Gasteiger partial charge < -0.3 is 10.6 Å². The first kappa shape index (κ1) is 23.6. The van der Waals surface area contributed by atoms with Gasteiger partial charge in [0.2, 0.25) is 5.91 Å². The van der Waals surface area contributed by atoms with Crippen molar-refractivity contribution in [2.24, 2.45) is 16.3 Å². The van der Waals surface area contributed by atoms with Gasteiger partial charge in [0, 0.05) is 31.0 Å². The largest absolute Gasteiger partial charge is 0.356 e. The van der Waals surface area contributed by atoms with Crippen LogP contribution in [0.1, 0.15) is 45.6 Å². The van der Waals surface area contributed by atoms with Gasteiger partial charge in [-0.25, -0.2) is 9.38 Å². The van der Waals surface area contributed by atoms with E-state index < -0.39 is 29.1 Å². The third-order valence-corrected chi connectivity index (χ3v) is 5.32. The zero-order valence-corrected chi connectivity index (χ0v) is 18.6.